The van der Waals surface area contributed by atoms with Crippen LogP contribution in [0.3, 0.4) is 0 Å². The molecule has 186 valence electrons. The van der Waals surface area contributed by atoms with Gasteiger partial charge in [0.1, 0.15) is 5.54 Å². The van der Waals surface area contributed by atoms with E-state index < -0.39 is 47.1 Å². The average Bonchev–Trinajstić information content (AvgIpc) is 3.55. The number of fused-ring (bicyclic) bond motifs is 5. The molecule has 1 spiro atoms. The van der Waals surface area contributed by atoms with Gasteiger partial charge in [-0.2, -0.15) is 0 Å². The van der Waals surface area contributed by atoms with Crippen LogP contribution >= 0.6 is 0 Å². The topological polar surface area (TPSA) is 134 Å². The predicted octanol–water partition coefficient (Wildman–Crippen LogP) is 1.82. The molecule has 4 aliphatic rings. The van der Waals surface area contributed by atoms with Gasteiger partial charge >= 0.3 is 5.97 Å². The third-order valence-corrected chi connectivity index (χ3v) is 7.70. The molecule has 2 aromatic rings. The van der Waals surface area contributed by atoms with E-state index in [0.29, 0.717) is 28.3 Å². The fraction of sp³-hybridized carbons (Fsp3) is 0.385. The van der Waals surface area contributed by atoms with Crippen LogP contribution in [0.4, 0.5) is 5.69 Å². The molecule has 0 aromatic heterocycles. The first-order chi connectivity index (χ1) is 17.2. The molecule has 3 amide bonds. The molecule has 10 heteroatoms. The minimum Gasteiger partial charge on any atom is -0.481 e. The maximum absolute atomic E-state index is 13.9. The van der Waals surface area contributed by atoms with Gasteiger partial charge in [0.2, 0.25) is 24.5 Å². The number of carboxylic acid groups (broad SMARTS) is 1. The van der Waals surface area contributed by atoms with Crippen LogP contribution in [0.5, 0.6) is 11.5 Å². The van der Waals surface area contributed by atoms with Gasteiger partial charge in [-0.1, -0.05) is 23.8 Å². The molecule has 0 radical (unpaired) electrons. The summed E-state index contributed by atoms with van der Waals surface area (Å²) in [7, 11) is 0. The van der Waals surface area contributed by atoms with Crippen molar-refractivity contribution in [1.29, 1.82) is 0 Å². The highest BCUT2D eigenvalue weighted by molar-refractivity contribution is 6.15. The van der Waals surface area contributed by atoms with E-state index in [1.807, 2.05) is 26.0 Å². The third-order valence-electron chi connectivity index (χ3n) is 7.70. The monoisotopic (exact) mass is 491 g/mol. The summed E-state index contributed by atoms with van der Waals surface area (Å²) in [6.07, 6.45) is -0.0789. The maximum Gasteiger partial charge on any atom is 0.303 e. The number of hydrogen-bond donors (Lipinski definition) is 3. The van der Waals surface area contributed by atoms with E-state index in [4.69, 9.17) is 9.47 Å². The molecular weight excluding hydrogens is 466 g/mol. The smallest absolute Gasteiger partial charge is 0.303 e. The fourth-order valence-corrected chi connectivity index (χ4v) is 6.22. The van der Waals surface area contributed by atoms with Gasteiger partial charge in [-0.3, -0.25) is 29.4 Å². The normalized spacial score (nSPS) is 27.6. The van der Waals surface area contributed by atoms with Crippen molar-refractivity contribution in [2.75, 3.05) is 12.1 Å². The number of carboxylic acids is 1. The van der Waals surface area contributed by atoms with Crippen LogP contribution in [0.2, 0.25) is 0 Å². The third kappa shape index (κ3) is 3.07. The molecule has 6 rings (SSSR count). The van der Waals surface area contributed by atoms with Crippen LogP contribution < -0.4 is 20.1 Å². The molecule has 4 heterocycles. The molecule has 0 aliphatic carbocycles. The Morgan fingerprint density at radius 2 is 1.89 bits per heavy atom. The summed E-state index contributed by atoms with van der Waals surface area (Å²) in [6, 6.07) is 8.39. The summed E-state index contributed by atoms with van der Waals surface area (Å²) in [5.74, 6) is -2.97. The van der Waals surface area contributed by atoms with E-state index >= 15 is 0 Å². The molecule has 3 N–H and O–H groups in total. The van der Waals surface area contributed by atoms with Crippen LogP contribution in [0.25, 0.3) is 0 Å². The van der Waals surface area contributed by atoms with Gasteiger partial charge in [0.05, 0.1) is 18.4 Å². The van der Waals surface area contributed by atoms with E-state index in [9.17, 15) is 24.3 Å². The molecule has 2 aromatic carbocycles. The molecule has 10 nitrogen and oxygen atoms in total. The fourth-order valence-electron chi connectivity index (χ4n) is 6.22. The standard InChI is InChI=1S/C26H25N3O7/c1-12-7-13(2)22-15(8-12)26(25(34)27-22)21-20(16(28-26)4-6-19(30)31)23(32)29(24(21)33)10-14-3-5-17-18(9-14)36-11-35-17/h3,5,7-9,16,20-21,28H,4,6,10-11H2,1-2H3,(H,27,34)(H,30,31)/t16-,20-,21+,26+/m1/s1. The number of ether oxygens (including phenoxy) is 2. The van der Waals surface area contributed by atoms with Gasteiger partial charge in [0.25, 0.3) is 0 Å². The number of rotatable bonds is 5. The zero-order valence-electron chi connectivity index (χ0n) is 19.8. The number of aliphatic carboxylic acids is 1. The van der Waals surface area contributed by atoms with Crippen LogP contribution in [-0.4, -0.2) is 46.5 Å². The van der Waals surface area contributed by atoms with E-state index in [-0.39, 0.29) is 26.2 Å². The molecule has 2 saturated heterocycles. The Balaban J connectivity index is 1.42. The van der Waals surface area contributed by atoms with Gasteiger partial charge in [0.15, 0.2) is 11.5 Å². The Morgan fingerprint density at radius 1 is 1.11 bits per heavy atom. The number of likely N-dealkylation sites (tertiary alicyclic amines) is 1. The second-order valence-electron chi connectivity index (χ2n) is 9.90. The predicted molar refractivity (Wildman–Crippen MR) is 125 cm³/mol. The largest absolute Gasteiger partial charge is 0.481 e. The Labute approximate surface area is 206 Å². The first kappa shape index (κ1) is 22.5. The van der Waals surface area contributed by atoms with Gasteiger partial charge in [-0.25, -0.2) is 0 Å². The molecule has 0 unspecified atom stereocenters. The van der Waals surface area contributed by atoms with Crippen molar-refractivity contribution >= 4 is 29.4 Å². The number of carbonyl (C=O) groups excluding carboxylic acids is 3. The molecule has 4 aliphatic heterocycles. The second kappa shape index (κ2) is 7.79. The summed E-state index contributed by atoms with van der Waals surface area (Å²) in [6.45, 7) is 3.92. The number of amides is 3. The van der Waals surface area contributed by atoms with Crippen molar-refractivity contribution in [2.45, 2.75) is 44.8 Å². The van der Waals surface area contributed by atoms with Crippen molar-refractivity contribution in [3.63, 3.8) is 0 Å². The highest BCUT2D eigenvalue weighted by Gasteiger charge is 2.70. The Morgan fingerprint density at radius 3 is 2.67 bits per heavy atom. The summed E-state index contributed by atoms with van der Waals surface area (Å²) >= 11 is 0. The van der Waals surface area contributed by atoms with Crippen molar-refractivity contribution in [3.8, 4) is 11.5 Å². The van der Waals surface area contributed by atoms with Crippen molar-refractivity contribution in [3.05, 3.63) is 52.6 Å². The maximum atomic E-state index is 13.9. The van der Waals surface area contributed by atoms with Crippen LogP contribution in [0, 0.1) is 25.7 Å². The summed E-state index contributed by atoms with van der Waals surface area (Å²) < 4.78 is 10.8. The molecule has 0 bridgehead atoms. The van der Waals surface area contributed by atoms with E-state index in [2.05, 4.69) is 10.6 Å². The number of hydrogen-bond acceptors (Lipinski definition) is 7. The van der Waals surface area contributed by atoms with Crippen molar-refractivity contribution < 1.29 is 33.8 Å². The lowest BCUT2D eigenvalue weighted by Crippen LogP contribution is -2.53. The number of benzene rings is 2. The van der Waals surface area contributed by atoms with Gasteiger partial charge in [0, 0.05) is 23.7 Å². The number of nitrogens with zero attached hydrogens (tertiary/aromatic N) is 1. The Kier molecular flexibility index (Phi) is 4.88. The molecular formula is C26H25N3O7. The number of nitrogens with one attached hydrogen (secondary N) is 2. The average molecular weight is 492 g/mol. The lowest BCUT2D eigenvalue weighted by Gasteiger charge is -2.30. The summed E-state index contributed by atoms with van der Waals surface area (Å²) in [5, 5.41) is 15.5. The van der Waals surface area contributed by atoms with Crippen LogP contribution in [-0.2, 0) is 31.3 Å². The lowest BCUT2D eigenvalue weighted by atomic mass is 9.75. The van der Waals surface area contributed by atoms with Gasteiger partial charge < -0.3 is 19.9 Å². The highest BCUT2D eigenvalue weighted by Crippen LogP contribution is 2.54. The van der Waals surface area contributed by atoms with Crippen molar-refractivity contribution in [2.24, 2.45) is 11.8 Å². The van der Waals surface area contributed by atoms with Gasteiger partial charge in [-0.05, 0) is 43.5 Å². The first-order valence-corrected chi connectivity index (χ1v) is 11.9. The molecule has 2 fully saturated rings. The number of imide groups is 1. The quantitative estimate of drug-likeness (QED) is 0.540. The second-order valence-corrected chi connectivity index (χ2v) is 9.90. The Bertz CT molecular complexity index is 1360. The molecule has 4 atom stereocenters. The van der Waals surface area contributed by atoms with Crippen LogP contribution in [0.1, 0.15) is 35.1 Å². The molecule has 0 saturated carbocycles. The SMILES string of the molecule is Cc1cc(C)c2c(c1)[C@@]1(N[C@H](CCC(=O)O)[C@H]3C(=O)N(Cc4ccc5c(c4)OCO5)C(=O)[C@H]31)C(=O)N2. The zero-order chi connectivity index (χ0) is 25.4. The zero-order valence-corrected chi connectivity index (χ0v) is 19.8. The molecule has 36 heavy (non-hydrogen) atoms. The number of aryl methyl sites for hydroxylation is 2. The Hall–Kier alpha value is -3.92. The number of anilines is 1. The van der Waals surface area contributed by atoms with E-state index in [0.717, 1.165) is 11.1 Å². The summed E-state index contributed by atoms with van der Waals surface area (Å²) in [5.41, 5.74) is 2.28. The van der Waals surface area contributed by atoms with Gasteiger partial charge in [-0.15, -0.1) is 0 Å². The number of carbonyl (C=O) groups is 4. The van der Waals surface area contributed by atoms with E-state index in [1.165, 1.54) is 4.90 Å². The van der Waals surface area contributed by atoms with E-state index in [1.54, 1.807) is 18.2 Å². The minimum absolute atomic E-state index is 0.0182. The lowest BCUT2D eigenvalue weighted by molar-refractivity contribution is -0.144. The summed E-state index contributed by atoms with van der Waals surface area (Å²) in [4.78, 5) is 53.8. The highest BCUT2D eigenvalue weighted by atomic mass is 16.7. The first-order valence-electron chi connectivity index (χ1n) is 11.9. The van der Waals surface area contributed by atoms with Crippen molar-refractivity contribution in [1.82, 2.24) is 10.2 Å². The minimum atomic E-state index is -1.45. The van der Waals surface area contributed by atoms with Crippen LogP contribution in [0.15, 0.2) is 30.3 Å².